The Balaban J connectivity index is 2.52. The van der Waals surface area contributed by atoms with Crippen LogP contribution in [0.15, 0.2) is 42.5 Å². The van der Waals surface area contributed by atoms with Crippen LogP contribution in [-0.4, -0.2) is 12.1 Å². The van der Waals surface area contributed by atoms with Gasteiger partial charge in [0.25, 0.3) is 0 Å². The zero-order chi connectivity index (χ0) is 13.1. The molecule has 0 amide bonds. The first kappa shape index (κ1) is 12.8. The monoisotopic (exact) mass is 277 g/mol. The fraction of sp³-hybridized carbons (Fsp3) is 0. The summed E-state index contributed by atoms with van der Waals surface area (Å²) in [5.74, 6) is -0.324. The number of hydrogen-bond acceptors (Lipinski definition) is 2. The Morgan fingerprint density at radius 1 is 1.00 bits per heavy atom. The lowest BCUT2D eigenvalue weighted by Crippen LogP contribution is -2.06. The van der Waals surface area contributed by atoms with E-state index in [0.29, 0.717) is 10.6 Å². The Kier molecular flexibility index (Phi) is 3.80. The number of carbonyl (C=O) groups is 1. The van der Waals surface area contributed by atoms with Gasteiger partial charge in [0.2, 0.25) is 6.29 Å². The molecule has 0 spiro atoms. The van der Waals surface area contributed by atoms with Crippen LogP contribution in [-0.2, 0) is 4.79 Å². The van der Waals surface area contributed by atoms with Crippen molar-refractivity contribution in [3.63, 3.8) is 0 Å². The lowest BCUT2D eigenvalue weighted by Gasteiger charge is -2.06. The van der Waals surface area contributed by atoms with Crippen molar-refractivity contribution >= 4 is 35.3 Å². The molecule has 2 aromatic carbocycles. The predicted molar refractivity (Wildman–Crippen MR) is 71.1 cm³/mol. The molecule has 4 heteroatoms. The number of rotatable bonds is 3. The van der Waals surface area contributed by atoms with Crippen LogP contribution in [0.4, 0.5) is 0 Å². The fourth-order valence-electron chi connectivity index (χ4n) is 1.59. The van der Waals surface area contributed by atoms with Crippen LogP contribution in [0.3, 0.4) is 0 Å². The van der Waals surface area contributed by atoms with Crippen LogP contribution in [0.1, 0.15) is 21.5 Å². The first-order valence-corrected chi connectivity index (χ1v) is 5.86. The molecule has 2 aromatic rings. The molecule has 0 atom stereocenters. The van der Waals surface area contributed by atoms with Gasteiger partial charge in [0.15, 0.2) is 5.78 Å². The van der Waals surface area contributed by atoms with Crippen molar-refractivity contribution in [2.45, 2.75) is 0 Å². The van der Waals surface area contributed by atoms with Gasteiger partial charge in [-0.05, 0) is 30.3 Å². The van der Waals surface area contributed by atoms with Gasteiger partial charge in [0.05, 0.1) is 10.6 Å². The molecule has 0 aliphatic heterocycles. The van der Waals surface area contributed by atoms with Gasteiger partial charge in [-0.15, -0.1) is 0 Å². The summed E-state index contributed by atoms with van der Waals surface area (Å²) >= 11 is 11.7. The minimum absolute atomic E-state index is 0.155. The normalized spacial score (nSPS) is 10.1. The molecule has 0 fully saturated rings. The van der Waals surface area contributed by atoms with Crippen molar-refractivity contribution in [2.24, 2.45) is 0 Å². The smallest absolute Gasteiger partial charge is 0.234 e. The summed E-state index contributed by atoms with van der Waals surface area (Å²) in [4.78, 5) is 23.1. The Hall–Kier alpha value is -1.64. The fourth-order valence-corrected chi connectivity index (χ4v) is 1.97. The summed E-state index contributed by atoms with van der Waals surface area (Å²) in [6.45, 7) is 0. The molecule has 89 valence electrons. The van der Waals surface area contributed by atoms with E-state index in [1.165, 1.54) is 6.07 Å². The van der Waals surface area contributed by atoms with Crippen LogP contribution in [0.25, 0.3) is 0 Å². The quantitative estimate of drug-likeness (QED) is 0.802. The molecule has 0 saturated carbocycles. The van der Waals surface area contributed by atoms with Gasteiger partial charge in [-0.25, -0.2) is 0 Å². The molecular formula is C14H7Cl2O2. The molecule has 0 N–H and O–H groups in total. The second-order valence-electron chi connectivity index (χ2n) is 3.60. The van der Waals surface area contributed by atoms with E-state index in [9.17, 15) is 9.59 Å². The third-order valence-electron chi connectivity index (χ3n) is 2.46. The van der Waals surface area contributed by atoms with E-state index in [2.05, 4.69) is 0 Å². The molecule has 0 bridgehead atoms. The van der Waals surface area contributed by atoms with Gasteiger partial charge < -0.3 is 0 Å². The maximum absolute atomic E-state index is 12.3. The number of benzene rings is 2. The van der Waals surface area contributed by atoms with Gasteiger partial charge in [-0.1, -0.05) is 35.3 Å². The molecule has 0 heterocycles. The van der Waals surface area contributed by atoms with Crippen molar-refractivity contribution in [3.05, 3.63) is 69.2 Å². The van der Waals surface area contributed by atoms with Crippen molar-refractivity contribution < 1.29 is 9.59 Å². The first-order chi connectivity index (χ1) is 8.63. The molecule has 0 unspecified atom stereocenters. The average Bonchev–Trinajstić information content (AvgIpc) is 2.38. The summed E-state index contributed by atoms with van der Waals surface area (Å²) in [5, 5.41) is 0.767. The summed E-state index contributed by atoms with van der Waals surface area (Å²) in [6, 6.07) is 11.0. The summed E-state index contributed by atoms with van der Waals surface area (Å²) in [6.07, 6.45) is 1.72. The maximum Gasteiger partial charge on any atom is 0.234 e. The zero-order valence-corrected chi connectivity index (χ0v) is 10.6. The molecular weight excluding hydrogens is 271 g/mol. The SMILES string of the molecule is O=[C]c1cccc(Cl)c1C(=O)c1ccc(Cl)cc1. The predicted octanol–water partition coefficient (Wildman–Crippen LogP) is 3.68. The molecule has 0 aromatic heterocycles. The van der Waals surface area contributed by atoms with Crippen LogP contribution in [0, 0.1) is 0 Å². The Bertz CT molecular complexity index is 604. The van der Waals surface area contributed by atoms with E-state index in [0.717, 1.165) is 0 Å². The molecule has 18 heavy (non-hydrogen) atoms. The van der Waals surface area contributed by atoms with Crippen LogP contribution in [0.2, 0.25) is 10.0 Å². The van der Waals surface area contributed by atoms with Gasteiger partial charge in [-0.3, -0.25) is 9.59 Å². The number of halogens is 2. The first-order valence-electron chi connectivity index (χ1n) is 5.10. The number of carbonyl (C=O) groups excluding carboxylic acids is 2. The van der Waals surface area contributed by atoms with E-state index in [4.69, 9.17) is 23.2 Å². The third kappa shape index (κ3) is 2.45. The minimum Gasteiger partial charge on any atom is -0.289 e. The molecule has 2 nitrogen and oxygen atoms in total. The largest absolute Gasteiger partial charge is 0.289 e. The summed E-state index contributed by atoms with van der Waals surface area (Å²) in [5.41, 5.74) is 0.739. The number of hydrogen-bond donors (Lipinski definition) is 0. The van der Waals surface area contributed by atoms with E-state index in [-0.39, 0.29) is 21.9 Å². The zero-order valence-electron chi connectivity index (χ0n) is 9.11. The molecule has 1 radical (unpaired) electrons. The van der Waals surface area contributed by atoms with Gasteiger partial charge in [0, 0.05) is 16.1 Å². The highest BCUT2D eigenvalue weighted by Crippen LogP contribution is 2.23. The standard InChI is InChI=1S/C14H7Cl2O2/c15-11-6-4-9(5-7-11)14(18)13-10(8-17)2-1-3-12(13)16/h1-7H. The molecule has 0 aliphatic rings. The van der Waals surface area contributed by atoms with E-state index in [1.807, 2.05) is 0 Å². The highest BCUT2D eigenvalue weighted by molar-refractivity contribution is 6.36. The third-order valence-corrected chi connectivity index (χ3v) is 3.02. The lowest BCUT2D eigenvalue weighted by atomic mass is 9.99. The van der Waals surface area contributed by atoms with Crippen LogP contribution >= 0.6 is 23.2 Å². The molecule has 0 aliphatic carbocycles. The number of ketones is 1. The highest BCUT2D eigenvalue weighted by atomic mass is 35.5. The topological polar surface area (TPSA) is 34.1 Å². The summed E-state index contributed by atoms with van der Waals surface area (Å²) in [7, 11) is 0. The van der Waals surface area contributed by atoms with Crippen LogP contribution < -0.4 is 0 Å². The Labute approximate surface area is 114 Å². The van der Waals surface area contributed by atoms with Crippen molar-refractivity contribution in [1.82, 2.24) is 0 Å². The molecule has 2 rings (SSSR count). The lowest BCUT2D eigenvalue weighted by molar-refractivity contribution is 0.103. The van der Waals surface area contributed by atoms with E-state index in [1.54, 1.807) is 42.7 Å². The van der Waals surface area contributed by atoms with E-state index >= 15 is 0 Å². The van der Waals surface area contributed by atoms with E-state index < -0.39 is 0 Å². The van der Waals surface area contributed by atoms with Crippen molar-refractivity contribution in [1.29, 1.82) is 0 Å². The van der Waals surface area contributed by atoms with Gasteiger partial charge >= 0.3 is 0 Å². The Morgan fingerprint density at radius 2 is 1.67 bits per heavy atom. The van der Waals surface area contributed by atoms with Crippen LogP contribution in [0.5, 0.6) is 0 Å². The van der Waals surface area contributed by atoms with Gasteiger partial charge in [0.1, 0.15) is 0 Å². The second kappa shape index (κ2) is 5.34. The maximum atomic E-state index is 12.3. The highest BCUT2D eigenvalue weighted by Gasteiger charge is 2.17. The summed E-state index contributed by atoms with van der Waals surface area (Å²) < 4.78 is 0. The molecule has 0 saturated heterocycles. The Morgan fingerprint density at radius 3 is 2.28 bits per heavy atom. The average molecular weight is 278 g/mol. The van der Waals surface area contributed by atoms with Crippen molar-refractivity contribution in [3.8, 4) is 0 Å². The van der Waals surface area contributed by atoms with Crippen molar-refractivity contribution in [2.75, 3.05) is 0 Å². The second-order valence-corrected chi connectivity index (χ2v) is 4.44. The minimum atomic E-state index is -0.324. The van der Waals surface area contributed by atoms with Gasteiger partial charge in [-0.2, -0.15) is 0 Å².